The lowest BCUT2D eigenvalue weighted by atomic mass is 10.3. The van der Waals surface area contributed by atoms with Crippen molar-refractivity contribution in [1.29, 1.82) is 0 Å². The monoisotopic (exact) mass is 536 g/mol. The lowest BCUT2D eigenvalue weighted by Crippen LogP contribution is -2.40. The van der Waals surface area contributed by atoms with Gasteiger partial charge in [-0.15, -0.1) is 0 Å². The molecule has 3 aromatic rings. The summed E-state index contributed by atoms with van der Waals surface area (Å²) in [5.74, 6) is -2.65. The van der Waals surface area contributed by atoms with E-state index in [0.717, 1.165) is 19.0 Å². The van der Waals surface area contributed by atoms with Gasteiger partial charge in [-0.2, -0.15) is 5.10 Å². The van der Waals surface area contributed by atoms with Crippen molar-refractivity contribution in [3.05, 3.63) is 39.9 Å². The summed E-state index contributed by atoms with van der Waals surface area (Å²) in [5.41, 5.74) is 0.452. The van der Waals surface area contributed by atoms with E-state index in [1.807, 2.05) is 0 Å². The standard InChI is InChI=1S/C22H23ClF2N8O4/c1-26-19-18(23)16(9-28-20(19)33(35)36)37-15-10-29-32-11-17(27-8-14(15)32)31(21(34)13-2-3-13)7-6-30-5-4-22(24,25)12-30/h8-11,13,26H,2-7,12H2,1H3. The van der Waals surface area contributed by atoms with Crippen LogP contribution in [0.5, 0.6) is 11.5 Å². The van der Waals surface area contributed by atoms with Gasteiger partial charge < -0.3 is 20.2 Å². The molecule has 0 aromatic carbocycles. The molecule has 1 amide bonds. The third kappa shape index (κ3) is 5.11. The van der Waals surface area contributed by atoms with Gasteiger partial charge in [0.25, 0.3) is 5.92 Å². The van der Waals surface area contributed by atoms with E-state index in [1.54, 1.807) is 11.1 Å². The molecule has 2 aliphatic rings. The predicted octanol–water partition coefficient (Wildman–Crippen LogP) is 3.60. The van der Waals surface area contributed by atoms with E-state index in [0.29, 0.717) is 17.9 Å². The summed E-state index contributed by atoms with van der Waals surface area (Å²) in [7, 11) is 1.48. The molecule has 0 bridgehead atoms. The quantitative estimate of drug-likeness (QED) is 0.322. The van der Waals surface area contributed by atoms with Crippen LogP contribution < -0.4 is 15.0 Å². The van der Waals surface area contributed by atoms with Crippen LogP contribution in [0.25, 0.3) is 5.52 Å². The van der Waals surface area contributed by atoms with Crippen LogP contribution in [-0.2, 0) is 4.79 Å². The Hall–Kier alpha value is -3.65. The van der Waals surface area contributed by atoms with Gasteiger partial charge in [0.1, 0.15) is 10.5 Å². The molecule has 2 fully saturated rings. The van der Waals surface area contributed by atoms with Crippen LogP contribution in [-0.4, -0.2) is 74.5 Å². The fraction of sp³-hybridized carbons (Fsp3) is 0.455. The summed E-state index contributed by atoms with van der Waals surface area (Å²) in [4.78, 5) is 34.9. The molecule has 3 aromatic heterocycles. The Labute approximate surface area is 214 Å². The van der Waals surface area contributed by atoms with Crippen molar-refractivity contribution in [2.45, 2.75) is 25.2 Å². The van der Waals surface area contributed by atoms with Crippen molar-refractivity contribution in [2.24, 2.45) is 5.92 Å². The van der Waals surface area contributed by atoms with Crippen LogP contribution in [0.2, 0.25) is 5.02 Å². The van der Waals surface area contributed by atoms with E-state index in [1.165, 1.54) is 28.9 Å². The van der Waals surface area contributed by atoms with Gasteiger partial charge in [0.05, 0.1) is 25.1 Å². The Balaban J connectivity index is 1.38. The van der Waals surface area contributed by atoms with Crippen molar-refractivity contribution in [1.82, 2.24) is 24.5 Å². The van der Waals surface area contributed by atoms with Crippen LogP contribution in [0.4, 0.5) is 26.1 Å². The van der Waals surface area contributed by atoms with Gasteiger partial charge >= 0.3 is 5.82 Å². The minimum absolute atomic E-state index is 0.00560. The molecule has 5 rings (SSSR count). The normalized spacial score (nSPS) is 17.2. The van der Waals surface area contributed by atoms with Crippen molar-refractivity contribution in [3.63, 3.8) is 0 Å². The van der Waals surface area contributed by atoms with Gasteiger partial charge in [0, 0.05) is 39.0 Å². The first-order valence-corrected chi connectivity index (χ1v) is 12.0. The number of aromatic nitrogens is 4. The fourth-order valence-corrected chi connectivity index (χ4v) is 4.48. The van der Waals surface area contributed by atoms with E-state index in [9.17, 15) is 23.7 Å². The minimum Gasteiger partial charge on any atom is -0.448 e. The molecule has 1 saturated heterocycles. The summed E-state index contributed by atoms with van der Waals surface area (Å²) in [5, 5.41) is 18.1. The number of hydrogen-bond donors (Lipinski definition) is 1. The fourth-order valence-electron chi connectivity index (χ4n) is 4.21. The highest BCUT2D eigenvalue weighted by molar-refractivity contribution is 6.35. The molecule has 12 nitrogen and oxygen atoms in total. The van der Waals surface area contributed by atoms with E-state index in [4.69, 9.17) is 16.3 Å². The number of anilines is 2. The van der Waals surface area contributed by atoms with Crippen LogP contribution in [0.15, 0.2) is 24.8 Å². The average molecular weight is 537 g/mol. The number of alkyl halides is 2. The van der Waals surface area contributed by atoms with Gasteiger partial charge in [-0.3, -0.25) is 14.6 Å². The highest BCUT2D eigenvalue weighted by atomic mass is 35.5. The number of halogens is 3. The number of fused-ring (bicyclic) bond motifs is 1. The van der Waals surface area contributed by atoms with Crippen molar-refractivity contribution in [2.75, 3.05) is 43.4 Å². The molecular weight excluding hydrogens is 514 g/mol. The van der Waals surface area contributed by atoms with Gasteiger partial charge in [-0.1, -0.05) is 11.6 Å². The molecule has 1 N–H and O–H groups in total. The van der Waals surface area contributed by atoms with E-state index >= 15 is 0 Å². The number of pyridine rings is 1. The topological polar surface area (TPSA) is 131 Å². The van der Waals surface area contributed by atoms with Gasteiger partial charge in [-0.05, 0) is 22.7 Å². The lowest BCUT2D eigenvalue weighted by Gasteiger charge is -2.25. The summed E-state index contributed by atoms with van der Waals surface area (Å²) in [6, 6.07) is 0. The van der Waals surface area contributed by atoms with Crippen LogP contribution in [0, 0.1) is 16.0 Å². The molecule has 15 heteroatoms. The second-order valence-electron chi connectivity index (χ2n) is 8.97. The molecule has 1 aliphatic heterocycles. The average Bonchev–Trinajstić information content (AvgIpc) is 3.56. The Morgan fingerprint density at radius 3 is 2.76 bits per heavy atom. The number of ether oxygens (including phenoxy) is 1. The predicted molar refractivity (Wildman–Crippen MR) is 130 cm³/mol. The second-order valence-corrected chi connectivity index (χ2v) is 9.35. The number of nitrogens with zero attached hydrogens (tertiary/aromatic N) is 7. The summed E-state index contributed by atoms with van der Waals surface area (Å²) < 4.78 is 34.5. The largest absolute Gasteiger partial charge is 0.448 e. The molecule has 4 heterocycles. The number of carbonyl (C=O) groups excluding carboxylic acids is 1. The zero-order chi connectivity index (χ0) is 26.3. The molecule has 0 spiro atoms. The number of nitrogens with one attached hydrogen (secondary N) is 1. The molecule has 37 heavy (non-hydrogen) atoms. The molecule has 0 unspecified atom stereocenters. The summed E-state index contributed by atoms with van der Waals surface area (Å²) >= 11 is 6.30. The van der Waals surface area contributed by atoms with Gasteiger partial charge in [-0.25, -0.2) is 18.3 Å². The number of amides is 1. The first kappa shape index (κ1) is 25.0. The molecule has 0 atom stereocenters. The van der Waals surface area contributed by atoms with Crippen LogP contribution >= 0.6 is 11.6 Å². The number of rotatable bonds is 9. The molecule has 0 radical (unpaired) electrons. The smallest absolute Gasteiger partial charge is 0.388 e. The van der Waals surface area contributed by atoms with Crippen molar-refractivity contribution in [3.8, 4) is 11.5 Å². The number of carbonyl (C=O) groups is 1. The third-order valence-electron chi connectivity index (χ3n) is 6.32. The van der Waals surface area contributed by atoms with Crippen molar-refractivity contribution >= 4 is 40.3 Å². The zero-order valence-corrected chi connectivity index (χ0v) is 20.5. The maximum Gasteiger partial charge on any atom is 0.388 e. The second kappa shape index (κ2) is 9.67. The number of hydrogen-bond acceptors (Lipinski definition) is 9. The molecular formula is C22H23ClF2N8O4. The van der Waals surface area contributed by atoms with E-state index < -0.39 is 16.7 Å². The first-order valence-electron chi connectivity index (χ1n) is 11.6. The molecule has 1 saturated carbocycles. The maximum atomic E-state index is 13.6. The summed E-state index contributed by atoms with van der Waals surface area (Å²) in [6.07, 6.45) is 6.99. The Morgan fingerprint density at radius 1 is 1.32 bits per heavy atom. The summed E-state index contributed by atoms with van der Waals surface area (Å²) in [6.45, 7) is 0.492. The SMILES string of the molecule is CNc1c([N+](=O)[O-])ncc(Oc2cnn3cc(N(CCN4CCC(F)(F)C4)C(=O)C4CC4)ncc23)c1Cl. The molecule has 196 valence electrons. The first-order chi connectivity index (χ1) is 17.7. The van der Waals surface area contributed by atoms with Gasteiger partial charge in [0.2, 0.25) is 5.91 Å². The Kier molecular flexibility index (Phi) is 6.54. The third-order valence-corrected chi connectivity index (χ3v) is 6.69. The number of likely N-dealkylation sites (tertiary alicyclic amines) is 1. The van der Waals surface area contributed by atoms with E-state index in [-0.39, 0.29) is 60.1 Å². The molecule has 1 aliphatic carbocycles. The van der Waals surface area contributed by atoms with Crippen LogP contribution in [0.1, 0.15) is 19.3 Å². The Bertz CT molecular complexity index is 1370. The lowest BCUT2D eigenvalue weighted by molar-refractivity contribution is -0.388. The Morgan fingerprint density at radius 2 is 2.11 bits per heavy atom. The number of nitro groups is 1. The highest BCUT2D eigenvalue weighted by Gasteiger charge is 2.39. The minimum atomic E-state index is -2.70. The van der Waals surface area contributed by atoms with Crippen molar-refractivity contribution < 1.29 is 23.2 Å². The van der Waals surface area contributed by atoms with Crippen LogP contribution in [0.3, 0.4) is 0 Å². The highest BCUT2D eigenvalue weighted by Crippen LogP contribution is 2.40. The maximum absolute atomic E-state index is 13.6. The zero-order valence-electron chi connectivity index (χ0n) is 19.7. The van der Waals surface area contributed by atoms with Gasteiger partial charge in [0.15, 0.2) is 29.2 Å². The van der Waals surface area contributed by atoms with E-state index in [2.05, 4.69) is 20.4 Å².